The number of aromatic nitrogens is 1. The molecule has 0 radical (unpaired) electrons. The molecule has 1 heterocycles. The highest BCUT2D eigenvalue weighted by Gasteiger charge is 2.09. The van der Waals surface area contributed by atoms with E-state index in [1.807, 2.05) is 12.1 Å². The van der Waals surface area contributed by atoms with Gasteiger partial charge < -0.3 is 4.98 Å². The van der Waals surface area contributed by atoms with Crippen LogP contribution in [0.1, 0.15) is 16.1 Å². The molecule has 0 aliphatic heterocycles. The number of aromatic amines is 1. The molecule has 2 aromatic rings. The number of nitrogens with one attached hydrogen (secondary N) is 1. The summed E-state index contributed by atoms with van der Waals surface area (Å²) in [6, 6.07) is 8.63. The molecular formula is C12H9Cl2NO. The Bertz CT molecular complexity index is 506. The number of carbonyl (C=O) groups is 1. The van der Waals surface area contributed by atoms with Crippen LogP contribution >= 0.6 is 23.2 Å². The second-order valence-electron chi connectivity index (χ2n) is 3.42. The summed E-state index contributed by atoms with van der Waals surface area (Å²) in [6.07, 6.45) is 2.13. The number of Topliss-reactive ketones (excluding diaryl/α,β-unsaturated/α-hetero) is 1. The Morgan fingerprint density at radius 1 is 1.19 bits per heavy atom. The number of benzene rings is 1. The first-order valence-electron chi connectivity index (χ1n) is 4.77. The van der Waals surface area contributed by atoms with Gasteiger partial charge in [-0.2, -0.15) is 0 Å². The quantitative estimate of drug-likeness (QED) is 0.831. The minimum atomic E-state index is 0.0148. The number of ketones is 1. The van der Waals surface area contributed by atoms with Gasteiger partial charge in [0.1, 0.15) is 0 Å². The first-order chi connectivity index (χ1) is 7.66. The highest BCUT2D eigenvalue weighted by Crippen LogP contribution is 2.23. The van der Waals surface area contributed by atoms with Crippen molar-refractivity contribution in [3.05, 3.63) is 57.8 Å². The van der Waals surface area contributed by atoms with Gasteiger partial charge in [-0.1, -0.05) is 23.2 Å². The first-order valence-corrected chi connectivity index (χ1v) is 5.53. The summed E-state index contributed by atoms with van der Waals surface area (Å²) in [5, 5.41) is 0.858. The van der Waals surface area contributed by atoms with Gasteiger partial charge in [0.05, 0.1) is 16.5 Å². The third kappa shape index (κ3) is 2.46. The van der Waals surface area contributed by atoms with E-state index in [0.717, 1.165) is 5.69 Å². The van der Waals surface area contributed by atoms with Gasteiger partial charge in [0.25, 0.3) is 0 Å². The number of halogens is 2. The Labute approximate surface area is 103 Å². The summed E-state index contributed by atoms with van der Waals surface area (Å²) in [5.74, 6) is 0.0148. The highest BCUT2D eigenvalue weighted by molar-refractivity contribution is 6.42. The van der Waals surface area contributed by atoms with E-state index in [2.05, 4.69) is 4.98 Å². The summed E-state index contributed by atoms with van der Waals surface area (Å²) in [7, 11) is 0. The molecule has 0 spiro atoms. The van der Waals surface area contributed by atoms with E-state index in [0.29, 0.717) is 22.0 Å². The van der Waals surface area contributed by atoms with Crippen molar-refractivity contribution < 1.29 is 4.79 Å². The van der Waals surface area contributed by atoms with Crippen molar-refractivity contribution in [2.24, 2.45) is 0 Å². The van der Waals surface area contributed by atoms with Crippen LogP contribution in [0.5, 0.6) is 0 Å². The molecule has 16 heavy (non-hydrogen) atoms. The van der Waals surface area contributed by atoms with Crippen molar-refractivity contribution >= 4 is 29.0 Å². The largest absolute Gasteiger partial charge is 0.365 e. The molecule has 0 bridgehead atoms. The smallest absolute Gasteiger partial charge is 0.168 e. The van der Waals surface area contributed by atoms with Crippen molar-refractivity contribution in [2.75, 3.05) is 0 Å². The lowest BCUT2D eigenvalue weighted by Gasteiger charge is -2.01. The van der Waals surface area contributed by atoms with Crippen LogP contribution < -0.4 is 0 Å². The Hall–Kier alpha value is -1.25. The number of hydrogen-bond acceptors (Lipinski definition) is 1. The molecule has 0 saturated heterocycles. The lowest BCUT2D eigenvalue weighted by atomic mass is 10.1. The van der Waals surface area contributed by atoms with Crippen LogP contribution in [0.2, 0.25) is 10.0 Å². The van der Waals surface area contributed by atoms with E-state index in [-0.39, 0.29) is 5.78 Å². The third-order valence-corrected chi connectivity index (χ3v) is 2.99. The predicted molar refractivity (Wildman–Crippen MR) is 65.3 cm³/mol. The van der Waals surface area contributed by atoms with Crippen molar-refractivity contribution in [2.45, 2.75) is 6.42 Å². The second kappa shape index (κ2) is 4.73. The molecule has 0 amide bonds. The maximum Gasteiger partial charge on any atom is 0.168 e. The fourth-order valence-electron chi connectivity index (χ4n) is 1.42. The Kier molecular flexibility index (Phi) is 3.32. The SMILES string of the molecule is O=C(Cc1ccc[nH]1)c1ccc(Cl)c(Cl)c1. The Balaban J connectivity index is 2.18. The lowest BCUT2D eigenvalue weighted by Crippen LogP contribution is -2.03. The van der Waals surface area contributed by atoms with Crippen LogP contribution in [-0.4, -0.2) is 10.8 Å². The highest BCUT2D eigenvalue weighted by atomic mass is 35.5. The van der Waals surface area contributed by atoms with Gasteiger partial charge >= 0.3 is 0 Å². The Morgan fingerprint density at radius 3 is 2.62 bits per heavy atom. The molecule has 1 aromatic carbocycles. The van der Waals surface area contributed by atoms with Crippen molar-refractivity contribution in [3.8, 4) is 0 Å². The topological polar surface area (TPSA) is 32.9 Å². The second-order valence-corrected chi connectivity index (χ2v) is 4.24. The first kappa shape index (κ1) is 11.2. The van der Waals surface area contributed by atoms with Crippen molar-refractivity contribution in [1.82, 2.24) is 4.98 Å². The van der Waals surface area contributed by atoms with Crippen LogP contribution in [0.4, 0.5) is 0 Å². The van der Waals surface area contributed by atoms with Crippen LogP contribution in [-0.2, 0) is 6.42 Å². The average Bonchev–Trinajstić information content (AvgIpc) is 2.74. The molecule has 0 atom stereocenters. The minimum absolute atomic E-state index is 0.0148. The number of hydrogen-bond donors (Lipinski definition) is 1. The monoisotopic (exact) mass is 253 g/mol. The summed E-state index contributed by atoms with van der Waals surface area (Å²) in [5.41, 5.74) is 1.46. The van der Waals surface area contributed by atoms with E-state index in [1.165, 1.54) is 0 Å². The molecule has 0 fully saturated rings. The van der Waals surface area contributed by atoms with E-state index in [1.54, 1.807) is 24.4 Å². The van der Waals surface area contributed by atoms with Crippen molar-refractivity contribution in [1.29, 1.82) is 0 Å². The summed E-state index contributed by atoms with van der Waals surface area (Å²) >= 11 is 11.6. The maximum atomic E-state index is 11.9. The lowest BCUT2D eigenvalue weighted by molar-refractivity contribution is 0.0992. The van der Waals surface area contributed by atoms with Gasteiger partial charge in [-0.25, -0.2) is 0 Å². The van der Waals surface area contributed by atoms with Gasteiger partial charge in [-0.15, -0.1) is 0 Å². The molecular weight excluding hydrogens is 245 g/mol. The molecule has 0 aliphatic rings. The van der Waals surface area contributed by atoms with Crippen molar-refractivity contribution in [3.63, 3.8) is 0 Å². The van der Waals surface area contributed by atoms with Crippen LogP contribution in [0.25, 0.3) is 0 Å². The summed E-state index contributed by atoms with van der Waals surface area (Å²) < 4.78 is 0. The molecule has 0 aliphatic carbocycles. The molecule has 1 aromatic heterocycles. The standard InChI is InChI=1S/C12H9Cl2NO/c13-10-4-3-8(6-11(10)14)12(16)7-9-2-1-5-15-9/h1-6,15H,7H2. The normalized spacial score (nSPS) is 10.4. The van der Waals surface area contributed by atoms with Gasteiger partial charge in [0.2, 0.25) is 0 Å². The molecule has 0 saturated carbocycles. The van der Waals surface area contributed by atoms with Crippen LogP contribution in [0, 0.1) is 0 Å². The number of H-pyrrole nitrogens is 1. The van der Waals surface area contributed by atoms with E-state index >= 15 is 0 Å². The van der Waals surface area contributed by atoms with Gasteiger partial charge in [-0.3, -0.25) is 4.79 Å². The van der Waals surface area contributed by atoms with E-state index < -0.39 is 0 Å². The average molecular weight is 254 g/mol. The molecule has 82 valence electrons. The van der Waals surface area contributed by atoms with Crippen LogP contribution in [0.3, 0.4) is 0 Å². The summed E-state index contributed by atoms with van der Waals surface area (Å²) in [4.78, 5) is 14.8. The third-order valence-electron chi connectivity index (χ3n) is 2.25. The van der Waals surface area contributed by atoms with Gasteiger partial charge in [-0.05, 0) is 30.3 Å². The number of rotatable bonds is 3. The minimum Gasteiger partial charge on any atom is -0.365 e. The maximum absolute atomic E-state index is 11.9. The van der Waals surface area contributed by atoms with E-state index in [4.69, 9.17) is 23.2 Å². The fraction of sp³-hybridized carbons (Fsp3) is 0.0833. The Morgan fingerprint density at radius 2 is 2.00 bits per heavy atom. The zero-order chi connectivity index (χ0) is 11.5. The van der Waals surface area contributed by atoms with Crippen LogP contribution in [0.15, 0.2) is 36.5 Å². The molecule has 2 nitrogen and oxygen atoms in total. The number of carbonyl (C=O) groups excluding carboxylic acids is 1. The summed E-state index contributed by atoms with van der Waals surface area (Å²) in [6.45, 7) is 0. The van der Waals surface area contributed by atoms with Gasteiger partial charge in [0, 0.05) is 17.5 Å². The van der Waals surface area contributed by atoms with E-state index in [9.17, 15) is 4.79 Å². The van der Waals surface area contributed by atoms with Gasteiger partial charge in [0.15, 0.2) is 5.78 Å². The fourth-order valence-corrected chi connectivity index (χ4v) is 1.72. The molecule has 1 N–H and O–H groups in total. The molecule has 0 unspecified atom stereocenters. The predicted octanol–water partition coefficient (Wildman–Crippen LogP) is 3.75. The molecule has 4 heteroatoms. The molecule has 2 rings (SSSR count). The zero-order valence-corrected chi connectivity index (χ0v) is 9.85. The zero-order valence-electron chi connectivity index (χ0n) is 8.34.